The third-order valence-electron chi connectivity index (χ3n) is 1.65. The molecule has 1 rings (SSSR count). The smallest absolute Gasteiger partial charge is 0.240 e. The summed E-state index contributed by atoms with van der Waals surface area (Å²) in [5, 5.41) is 2.74. The topological polar surface area (TPSA) is 24.9 Å². The molecule has 0 aromatic carbocycles. The highest BCUT2D eigenvalue weighted by Crippen LogP contribution is 2.10. The van der Waals surface area contributed by atoms with Crippen LogP contribution in [0.5, 0.6) is 0 Å². The molecule has 1 atom stereocenters. The molecule has 0 fully saturated rings. The molecule has 78 valence electrons. The number of aromatic nitrogens is 1. The summed E-state index contributed by atoms with van der Waals surface area (Å²) in [4.78, 5) is 3.69. The van der Waals surface area contributed by atoms with Crippen LogP contribution in [0.2, 0.25) is 0 Å². The fourth-order valence-corrected chi connectivity index (χ4v) is 1.04. The second-order valence-corrected chi connectivity index (χ2v) is 3.03. The van der Waals surface area contributed by atoms with Crippen molar-refractivity contribution < 1.29 is 13.2 Å². The van der Waals surface area contributed by atoms with Gasteiger partial charge in [0.2, 0.25) is 6.43 Å². The monoisotopic (exact) mass is 204 g/mol. The van der Waals surface area contributed by atoms with Gasteiger partial charge in [0, 0.05) is 12.5 Å². The summed E-state index contributed by atoms with van der Waals surface area (Å²) in [5.74, 6) is -0.0448. The summed E-state index contributed by atoms with van der Waals surface area (Å²) in [6.07, 6.45) is -1.56. The number of halogens is 3. The number of pyridine rings is 1. The zero-order valence-electron chi connectivity index (χ0n) is 7.67. The molecule has 0 spiro atoms. The molecule has 1 unspecified atom stereocenters. The molecule has 1 N–H and O–H groups in total. The Morgan fingerprint density at radius 1 is 1.43 bits per heavy atom. The molecule has 0 aliphatic rings. The van der Waals surface area contributed by atoms with Crippen LogP contribution < -0.4 is 5.32 Å². The quantitative estimate of drug-likeness (QED) is 0.815. The van der Waals surface area contributed by atoms with Crippen LogP contribution in [0.15, 0.2) is 18.3 Å². The SMILES string of the molecule is CC(CC(F)F)Nc1ccc(F)cn1. The Hall–Kier alpha value is -1.26. The van der Waals surface area contributed by atoms with Crippen molar-refractivity contribution in [1.82, 2.24) is 4.98 Å². The van der Waals surface area contributed by atoms with E-state index in [1.54, 1.807) is 6.92 Å². The minimum absolute atomic E-state index is 0.251. The maximum Gasteiger partial charge on any atom is 0.240 e. The van der Waals surface area contributed by atoms with Gasteiger partial charge in [-0.05, 0) is 19.1 Å². The highest BCUT2D eigenvalue weighted by atomic mass is 19.3. The van der Waals surface area contributed by atoms with Crippen LogP contribution in [0.25, 0.3) is 0 Å². The van der Waals surface area contributed by atoms with Gasteiger partial charge in [-0.15, -0.1) is 0 Å². The molecule has 0 saturated carbocycles. The lowest BCUT2D eigenvalue weighted by Crippen LogP contribution is -2.19. The lowest BCUT2D eigenvalue weighted by atomic mass is 10.2. The van der Waals surface area contributed by atoms with E-state index in [9.17, 15) is 13.2 Å². The Morgan fingerprint density at radius 2 is 2.14 bits per heavy atom. The van der Waals surface area contributed by atoms with Crippen molar-refractivity contribution in [2.24, 2.45) is 0 Å². The number of anilines is 1. The molecule has 0 amide bonds. The number of rotatable bonds is 4. The van der Waals surface area contributed by atoms with Gasteiger partial charge in [0.1, 0.15) is 11.6 Å². The first-order valence-electron chi connectivity index (χ1n) is 4.24. The number of hydrogen-bond acceptors (Lipinski definition) is 2. The first-order valence-corrected chi connectivity index (χ1v) is 4.24. The summed E-state index contributed by atoms with van der Waals surface area (Å²) >= 11 is 0. The number of alkyl halides is 2. The fourth-order valence-electron chi connectivity index (χ4n) is 1.04. The van der Waals surface area contributed by atoms with E-state index in [0.717, 1.165) is 6.20 Å². The van der Waals surface area contributed by atoms with Crippen molar-refractivity contribution >= 4 is 5.82 Å². The molecule has 1 aromatic rings. The molecule has 14 heavy (non-hydrogen) atoms. The third kappa shape index (κ3) is 3.64. The molecule has 0 aliphatic heterocycles. The Labute approximate surface area is 80.2 Å². The number of nitrogens with one attached hydrogen (secondary N) is 1. The van der Waals surface area contributed by atoms with Crippen molar-refractivity contribution in [2.45, 2.75) is 25.8 Å². The Kier molecular flexibility index (Phi) is 3.73. The third-order valence-corrected chi connectivity index (χ3v) is 1.65. The van der Waals surface area contributed by atoms with Crippen LogP contribution in [-0.2, 0) is 0 Å². The van der Waals surface area contributed by atoms with Gasteiger partial charge in [-0.3, -0.25) is 0 Å². The Bertz CT molecular complexity index is 274. The standard InChI is InChI=1S/C9H11F3N2/c1-6(4-8(11)12)14-9-3-2-7(10)5-13-9/h2-3,5-6,8H,4H2,1H3,(H,13,14). The van der Waals surface area contributed by atoms with Gasteiger partial charge in [-0.25, -0.2) is 18.2 Å². The van der Waals surface area contributed by atoms with Gasteiger partial charge < -0.3 is 5.32 Å². The average Bonchev–Trinajstić information content (AvgIpc) is 2.07. The van der Waals surface area contributed by atoms with Gasteiger partial charge in [0.15, 0.2) is 0 Å². The van der Waals surface area contributed by atoms with Gasteiger partial charge in [0.05, 0.1) is 6.20 Å². The molecule has 1 aromatic heterocycles. The van der Waals surface area contributed by atoms with Crippen molar-refractivity contribution in [3.63, 3.8) is 0 Å². The summed E-state index contributed by atoms with van der Waals surface area (Å²) in [6.45, 7) is 1.62. The first kappa shape index (κ1) is 10.8. The fraction of sp³-hybridized carbons (Fsp3) is 0.444. The molecular formula is C9H11F3N2. The lowest BCUT2D eigenvalue weighted by molar-refractivity contribution is 0.133. The van der Waals surface area contributed by atoms with E-state index in [2.05, 4.69) is 10.3 Å². The lowest BCUT2D eigenvalue weighted by Gasteiger charge is -2.13. The van der Waals surface area contributed by atoms with E-state index in [4.69, 9.17) is 0 Å². The van der Waals surface area contributed by atoms with Crippen molar-refractivity contribution in [3.8, 4) is 0 Å². The predicted octanol–water partition coefficient (Wildman–Crippen LogP) is 2.68. The second-order valence-electron chi connectivity index (χ2n) is 3.03. The molecule has 0 radical (unpaired) electrons. The molecule has 5 heteroatoms. The maximum absolute atomic E-state index is 12.4. The number of hydrogen-bond donors (Lipinski definition) is 1. The minimum Gasteiger partial charge on any atom is -0.367 e. The zero-order chi connectivity index (χ0) is 10.6. The van der Waals surface area contributed by atoms with Crippen molar-refractivity contribution in [3.05, 3.63) is 24.1 Å². The summed E-state index contributed by atoms with van der Waals surface area (Å²) in [6, 6.07) is 2.26. The maximum atomic E-state index is 12.4. The van der Waals surface area contributed by atoms with Gasteiger partial charge >= 0.3 is 0 Å². The second kappa shape index (κ2) is 4.83. The van der Waals surface area contributed by atoms with Gasteiger partial charge in [0.25, 0.3) is 0 Å². The van der Waals surface area contributed by atoms with Crippen LogP contribution in [0.3, 0.4) is 0 Å². The summed E-state index contributed by atoms with van der Waals surface area (Å²) < 4.78 is 36.3. The zero-order valence-corrected chi connectivity index (χ0v) is 7.67. The van der Waals surface area contributed by atoms with Gasteiger partial charge in [-0.1, -0.05) is 0 Å². The van der Waals surface area contributed by atoms with E-state index in [1.165, 1.54) is 12.1 Å². The van der Waals surface area contributed by atoms with E-state index in [1.807, 2.05) is 0 Å². The van der Waals surface area contributed by atoms with Crippen LogP contribution in [0, 0.1) is 5.82 Å². The van der Waals surface area contributed by atoms with Gasteiger partial charge in [-0.2, -0.15) is 0 Å². The van der Waals surface area contributed by atoms with Crippen molar-refractivity contribution in [2.75, 3.05) is 5.32 Å². The van der Waals surface area contributed by atoms with E-state index < -0.39 is 12.2 Å². The molecular weight excluding hydrogens is 193 g/mol. The van der Waals surface area contributed by atoms with Crippen LogP contribution in [0.1, 0.15) is 13.3 Å². The Balaban J connectivity index is 2.47. The van der Waals surface area contributed by atoms with Crippen LogP contribution in [0.4, 0.5) is 19.0 Å². The number of nitrogens with zero attached hydrogens (tertiary/aromatic N) is 1. The molecule has 2 nitrogen and oxygen atoms in total. The van der Waals surface area contributed by atoms with Crippen LogP contribution >= 0.6 is 0 Å². The molecule has 0 bridgehead atoms. The predicted molar refractivity (Wildman–Crippen MR) is 47.9 cm³/mol. The summed E-state index contributed by atoms with van der Waals surface area (Å²) in [5.41, 5.74) is 0. The minimum atomic E-state index is -2.35. The van der Waals surface area contributed by atoms with E-state index in [0.29, 0.717) is 5.82 Å². The van der Waals surface area contributed by atoms with E-state index in [-0.39, 0.29) is 12.5 Å². The Morgan fingerprint density at radius 3 is 2.64 bits per heavy atom. The van der Waals surface area contributed by atoms with E-state index >= 15 is 0 Å². The molecule has 0 aliphatic carbocycles. The average molecular weight is 204 g/mol. The summed E-state index contributed by atoms with van der Waals surface area (Å²) in [7, 11) is 0. The highest BCUT2D eigenvalue weighted by Gasteiger charge is 2.10. The van der Waals surface area contributed by atoms with Crippen LogP contribution in [-0.4, -0.2) is 17.5 Å². The molecule has 0 saturated heterocycles. The normalized spacial score (nSPS) is 12.9. The highest BCUT2D eigenvalue weighted by molar-refractivity contribution is 5.34. The largest absolute Gasteiger partial charge is 0.367 e. The van der Waals surface area contributed by atoms with Crippen molar-refractivity contribution in [1.29, 1.82) is 0 Å². The first-order chi connectivity index (χ1) is 6.58. The molecule has 1 heterocycles.